The van der Waals surface area contributed by atoms with E-state index >= 15 is 0 Å². The molecule has 1 aromatic carbocycles. The average molecular weight is 288 g/mol. The van der Waals surface area contributed by atoms with E-state index in [9.17, 15) is 5.11 Å². The van der Waals surface area contributed by atoms with Crippen LogP contribution in [0.15, 0.2) is 18.2 Å². The van der Waals surface area contributed by atoms with Gasteiger partial charge in [-0.1, -0.05) is 44.4 Å². The summed E-state index contributed by atoms with van der Waals surface area (Å²) in [7, 11) is 0. The Morgan fingerprint density at radius 2 is 1.95 bits per heavy atom. The summed E-state index contributed by atoms with van der Waals surface area (Å²) in [5.74, 6) is 2.21. The van der Waals surface area contributed by atoms with Gasteiger partial charge in [-0.2, -0.15) is 0 Å². The highest BCUT2D eigenvalue weighted by Crippen LogP contribution is 2.45. The number of aliphatic hydroxyl groups is 1. The molecule has 2 aliphatic rings. The van der Waals surface area contributed by atoms with Gasteiger partial charge in [0.2, 0.25) is 0 Å². The van der Waals surface area contributed by atoms with Crippen molar-refractivity contribution in [1.82, 2.24) is 0 Å². The van der Waals surface area contributed by atoms with E-state index in [1.54, 1.807) is 0 Å². The first-order valence-electron chi connectivity index (χ1n) is 8.49. The number of ether oxygens (including phenoxy) is 1. The summed E-state index contributed by atoms with van der Waals surface area (Å²) in [6.45, 7) is 6.52. The molecule has 0 spiro atoms. The number of hydrogen-bond acceptors (Lipinski definition) is 2. The minimum Gasteiger partial charge on any atom is -0.487 e. The Morgan fingerprint density at radius 3 is 2.62 bits per heavy atom. The van der Waals surface area contributed by atoms with E-state index in [0.717, 1.165) is 36.5 Å². The topological polar surface area (TPSA) is 29.5 Å². The SMILES string of the molecule is CCC1CCC(C(O)c2cccc3c2OC(C)(C)C3)CC1. The molecule has 1 unspecified atom stereocenters. The van der Waals surface area contributed by atoms with Crippen LogP contribution in [-0.4, -0.2) is 10.7 Å². The molecule has 0 saturated heterocycles. The van der Waals surface area contributed by atoms with Gasteiger partial charge < -0.3 is 9.84 Å². The molecular formula is C19H28O2. The summed E-state index contributed by atoms with van der Waals surface area (Å²) in [5, 5.41) is 10.9. The normalized spacial score (nSPS) is 28.8. The molecule has 2 nitrogen and oxygen atoms in total. The fourth-order valence-corrected chi connectivity index (χ4v) is 4.04. The minimum atomic E-state index is -0.369. The lowest BCUT2D eigenvalue weighted by Gasteiger charge is -2.32. The second-order valence-electron chi connectivity index (χ2n) is 7.51. The maximum atomic E-state index is 10.9. The molecule has 1 aliphatic heterocycles. The zero-order valence-electron chi connectivity index (χ0n) is 13.6. The lowest BCUT2D eigenvalue weighted by Crippen LogP contribution is -2.25. The van der Waals surface area contributed by atoms with Gasteiger partial charge in [0.15, 0.2) is 0 Å². The minimum absolute atomic E-state index is 0.141. The fourth-order valence-electron chi connectivity index (χ4n) is 4.04. The Morgan fingerprint density at radius 1 is 1.24 bits per heavy atom. The van der Waals surface area contributed by atoms with Crippen LogP contribution in [-0.2, 0) is 6.42 Å². The molecule has 1 aromatic rings. The van der Waals surface area contributed by atoms with Gasteiger partial charge in [0.1, 0.15) is 11.4 Å². The summed E-state index contributed by atoms with van der Waals surface area (Å²) in [5.41, 5.74) is 2.12. The highest BCUT2D eigenvalue weighted by Gasteiger charge is 2.35. The maximum absolute atomic E-state index is 10.9. The zero-order valence-corrected chi connectivity index (χ0v) is 13.6. The fraction of sp³-hybridized carbons (Fsp3) is 0.684. The molecular weight excluding hydrogens is 260 g/mol. The Bertz CT molecular complexity index is 498. The van der Waals surface area contributed by atoms with E-state index in [0.29, 0.717) is 5.92 Å². The number of hydrogen-bond donors (Lipinski definition) is 1. The standard InChI is InChI=1S/C19H28O2/c1-4-13-8-10-14(11-9-13)17(20)16-7-5-6-15-12-19(2,3)21-18(15)16/h5-7,13-14,17,20H,4,8-12H2,1-3H3. The summed E-state index contributed by atoms with van der Waals surface area (Å²) < 4.78 is 6.12. The molecule has 3 rings (SSSR count). The van der Waals surface area contributed by atoms with E-state index in [1.165, 1.54) is 24.8 Å². The van der Waals surface area contributed by atoms with Crippen LogP contribution in [0.3, 0.4) is 0 Å². The third-order valence-corrected chi connectivity index (χ3v) is 5.36. The van der Waals surface area contributed by atoms with E-state index in [-0.39, 0.29) is 11.7 Å². The van der Waals surface area contributed by atoms with Gasteiger partial charge in [-0.05, 0) is 44.1 Å². The van der Waals surface area contributed by atoms with Crippen LogP contribution < -0.4 is 4.74 Å². The summed E-state index contributed by atoms with van der Waals surface area (Å²) >= 11 is 0. The van der Waals surface area contributed by atoms with E-state index < -0.39 is 0 Å². The second-order valence-corrected chi connectivity index (χ2v) is 7.51. The molecule has 0 radical (unpaired) electrons. The first kappa shape index (κ1) is 14.9. The van der Waals surface area contributed by atoms with E-state index in [4.69, 9.17) is 4.74 Å². The quantitative estimate of drug-likeness (QED) is 0.877. The van der Waals surface area contributed by atoms with Crippen LogP contribution in [0.2, 0.25) is 0 Å². The second kappa shape index (κ2) is 5.64. The van der Waals surface area contributed by atoms with Crippen molar-refractivity contribution in [3.8, 4) is 5.75 Å². The smallest absolute Gasteiger partial charge is 0.129 e. The lowest BCUT2D eigenvalue weighted by molar-refractivity contribution is 0.0662. The number of aliphatic hydroxyl groups excluding tert-OH is 1. The highest BCUT2D eigenvalue weighted by molar-refractivity contribution is 5.47. The van der Waals surface area contributed by atoms with Gasteiger partial charge in [-0.25, -0.2) is 0 Å². The molecule has 0 amide bonds. The number of para-hydroxylation sites is 1. The van der Waals surface area contributed by atoms with Crippen molar-refractivity contribution in [3.63, 3.8) is 0 Å². The molecule has 1 atom stereocenters. The average Bonchev–Trinajstić information content (AvgIpc) is 2.80. The largest absolute Gasteiger partial charge is 0.487 e. The van der Waals surface area contributed by atoms with Gasteiger partial charge in [0.05, 0.1) is 6.10 Å². The maximum Gasteiger partial charge on any atom is 0.129 e. The van der Waals surface area contributed by atoms with Gasteiger partial charge in [-0.3, -0.25) is 0 Å². The van der Waals surface area contributed by atoms with Crippen molar-refractivity contribution in [2.75, 3.05) is 0 Å². The van der Waals surface area contributed by atoms with E-state index in [2.05, 4.69) is 39.0 Å². The van der Waals surface area contributed by atoms with Crippen LogP contribution >= 0.6 is 0 Å². The lowest BCUT2D eigenvalue weighted by atomic mass is 9.77. The van der Waals surface area contributed by atoms with Crippen LogP contribution in [0.1, 0.15) is 70.1 Å². The molecule has 1 aliphatic carbocycles. The predicted octanol–water partition coefficient (Wildman–Crippen LogP) is 4.65. The predicted molar refractivity (Wildman–Crippen MR) is 85.6 cm³/mol. The van der Waals surface area contributed by atoms with Crippen molar-refractivity contribution < 1.29 is 9.84 Å². The Kier molecular flexibility index (Phi) is 4.00. The van der Waals surface area contributed by atoms with Crippen molar-refractivity contribution in [3.05, 3.63) is 29.3 Å². The van der Waals surface area contributed by atoms with Crippen LogP contribution in [0.25, 0.3) is 0 Å². The molecule has 1 fully saturated rings. The molecule has 0 aromatic heterocycles. The van der Waals surface area contributed by atoms with Gasteiger partial charge in [-0.15, -0.1) is 0 Å². The van der Waals surface area contributed by atoms with Crippen molar-refractivity contribution in [2.45, 2.75) is 71.0 Å². The first-order valence-corrected chi connectivity index (χ1v) is 8.49. The summed E-state index contributed by atoms with van der Waals surface area (Å²) in [6, 6.07) is 6.25. The Balaban J connectivity index is 1.78. The van der Waals surface area contributed by atoms with Crippen molar-refractivity contribution >= 4 is 0 Å². The first-order chi connectivity index (χ1) is 10.00. The molecule has 1 N–H and O–H groups in total. The third kappa shape index (κ3) is 2.96. The van der Waals surface area contributed by atoms with Crippen LogP contribution in [0, 0.1) is 11.8 Å². The van der Waals surface area contributed by atoms with E-state index in [1.807, 2.05) is 0 Å². The number of rotatable bonds is 3. The molecule has 2 heteroatoms. The summed E-state index contributed by atoms with van der Waals surface area (Å²) in [4.78, 5) is 0. The van der Waals surface area contributed by atoms with Gasteiger partial charge in [0.25, 0.3) is 0 Å². The van der Waals surface area contributed by atoms with Crippen LogP contribution in [0.4, 0.5) is 0 Å². The zero-order chi connectivity index (χ0) is 15.0. The Hall–Kier alpha value is -1.02. The molecule has 21 heavy (non-hydrogen) atoms. The number of benzene rings is 1. The van der Waals surface area contributed by atoms with Crippen LogP contribution in [0.5, 0.6) is 5.75 Å². The number of fused-ring (bicyclic) bond motifs is 1. The third-order valence-electron chi connectivity index (χ3n) is 5.36. The Labute approximate surface area is 128 Å². The molecule has 0 bridgehead atoms. The molecule has 1 heterocycles. The molecule has 1 saturated carbocycles. The van der Waals surface area contributed by atoms with Gasteiger partial charge in [0, 0.05) is 12.0 Å². The molecule has 116 valence electrons. The van der Waals surface area contributed by atoms with Crippen molar-refractivity contribution in [1.29, 1.82) is 0 Å². The van der Waals surface area contributed by atoms with Crippen molar-refractivity contribution in [2.24, 2.45) is 11.8 Å². The summed E-state index contributed by atoms with van der Waals surface area (Å²) in [6.07, 6.45) is 6.66. The highest BCUT2D eigenvalue weighted by atomic mass is 16.5. The van der Waals surface area contributed by atoms with Gasteiger partial charge >= 0.3 is 0 Å². The monoisotopic (exact) mass is 288 g/mol.